The molecule has 1 saturated heterocycles. The van der Waals surface area contributed by atoms with Gasteiger partial charge in [0.1, 0.15) is 11.4 Å². The van der Waals surface area contributed by atoms with E-state index in [-0.39, 0.29) is 11.6 Å². The van der Waals surface area contributed by atoms with Gasteiger partial charge in [-0.3, -0.25) is 9.89 Å². The number of anilines is 1. The normalized spacial score (nSPS) is 20.9. The van der Waals surface area contributed by atoms with Gasteiger partial charge in [0, 0.05) is 64.1 Å². The van der Waals surface area contributed by atoms with Gasteiger partial charge in [0.25, 0.3) is 0 Å². The molecule has 2 aliphatic rings. The monoisotopic (exact) mass is 437 g/mol. The fourth-order valence-electron chi connectivity index (χ4n) is 4.43. The summed E-state index contributed by atoms with van der Waals surface area (Å²) in [6.07, 6.45) is 5.57. The molecule has 1 atom stereocenters. The summed E-state index contributed by atoms with van der Waals surface area (Å²) in [5, 5.41) is 7.09. The van der Waals surface area contributed by atoms with Crippen LogP contribution in [0.25, 0.3) is 0 Å². The van der Waals surface area contributed by atoms with E-state index in [1.54, 1.807) is 12.4 Å². The van der Waals surface area contributed by atoms with Crippen molar-refractivity contribution in [2.24, 2.45) is 4.99 Å². The third kappa shape index (κ3) is 5.68. The van der Waals surface area contributed by atoms with Gasteiger partial charge in [-0.05, 0) is 38.9 Å². The highest BCUT2D eigenvalue weighted by molar-refractivity contribution is 5.80. The van der Waals surface area contributed by atoms with E-state index in [9.17, 15) is 0 Å². The molecule has 0 bridgehead atoms. The van der Waals surface area contributed by atoms with Gasteiger partial charge in [-0.25, -0.2) is 9.97 Å². The molecule has 32 heavy (non-hydrogen) atoms. The van der Waals surface area contributed by atoms with Gasteiger partial charge in [-0.2, -0.15) is 0 Å². The van der Waals surface area contributed by atoms with Crippen molar-refractivity contribution >= 4 is 11.9 Å². The van der Waals surface area contributed by atoms with E-state index in [4.69, 9.17) is 4.74 Å². The van der Waals surface area contributed by atoms with Crippen molar-refractivity contribution in [2.75, 3.05) is 51.2 Å². The number of aliphatic imine (C=N–C) groups is 1. The van der Waals surface area contributed by atoms with Gasteiger partial charge in [0.2, 0.25) is 5.95 Å². The predicted molar refractivity (Wildman–Crippen MR) is 128 cm³/mol. The molecule has 2 N–H and O–H groups in total. The summed E-state index contributed by atoms with van der Waals surface area (Å²) in [5.74, 6) is 2.63. The number of rotatable bonds is 6. The third-order valence-electron chi connectivity index (χ3n) is 6.06. The molecule has 1 aromatic heterocycles. The van der Waals surface area contributed by atoms with Crippen LogP contribution in [0.5, 0.6) is 5.75 Å². The summed E-state index contributed by atoms with van der Waals surface area (Å²) in [6, 6.07) is 10.3. The number of ether oxygens (including phenoxy) is 1. The van der Waals surface area contributed by atoms with Crippen molar-refractivity contribution in [3.05, 3.63) is 48.3 Å². The SMILES string of the molecule is CN=C(NCCCN1CCN(c2ncccn2)CC1)NC1CC(C)(C)Oc2ccccc21. The largest absolute Gasteiger partial charge is 0.487 e. The predicted octanol–water partition coefficient (Wildman–Crippen LogP) is 2.46. The number of para-hydroxylation sites is 1. The number of nitrogens with zero attached hydrogens (tertiary/aromatic N) is 5. The Labute approximate surface area is 191 Å². The lowest BCUT2D eigenvalue weighted by Gasteiger charge is -2.38. The lowest BCUT2D eigenvalue weighted by molar-refractivity contribution is 0.0694. The molecule has 0 saturated carbocycles. The Morgan fingerprint density at radius 3 is 2.62 bits per heavy atom. The van der Waals surface area contributed by atoms with Crippen LogP contribution in [0, 0.1) is 0 Å². The van der Waals surface area contributed by atoms with E-state index >= 15 is 0 Å². The number of piperazine rings is 1. The summed E-state index contributed by atoms with van der Waals surface area (Å²) < 4.78 is 6.15. The zero-order valence-electron chi connectivity index (χ0n) is 19.4. The topological polar surface area (TPSA) is 77.9 Å². The maximum atomic E-state index is 6.15. The first-order chi connectivity index (χ1) is 15.5. The molecule has 3 heterocycles. The Bertz CT molecular complexity index is 894. The van der Waals surface area contributed by atoms with Gasteiger partial charge in [0.05, 0.1) is 6.04 Å². The standard InChI is InChI=1S/C24H35N7O/c1-24(2)18-20(19-8-4-5-9-21(19)32-24)29-22(25-3)26-12-7-13-30-14-16-31(17-15-30)23-27-10-6-11-28-23/h4-6,8-11,20H,7,12-18H2,1-3H3,(H2,25,26,29). The lowest BCUT2D eigenvalue weighted by Crippen LogP contribution is -2.48. The van der Waals surface area contributed by atoms with Crippen molar-refractivity contribution < 1.29 is 4.74 Å². The number of hydrogen-bond acceptors (Lipinski definition) is 6. The Morgan fingerprint density at radius 2 is 1.88 bits per heavy atom. The molecular weight excluding hydrogens is 402 g/mol. The maximum Gasteiger partial charge on any atom is 0.225 e. The van der Waals surface area contributed by atoms with Crippen LogP contribution < -0.4 is 20.3 Å². The molecule has 0 amide bonds. The van der Waals surface area contributed by atoms with Crippen LogP contribution in [0.1, 0.15) is 38.3 Å². The average molecular weight is 438 g/mol. The first-order valence-corrected chi connectivity index (χ1v) is 11.5. The number of nitrogens with one attached hydrogen (secondary N) is 2. The number of hydrogen-bond donors (Lipinski definition) is 2. The Morgan fingerprint density at radius 1 is 1.12 bits per heavy atom. The molecule has 0 spiro atoms. The summed E-state index contributed by atoms with van der Waals surface area (Å²) in [4.78, 5) is 17.9. The molecule has 1 unspecified atom stereocenters. The minimum absolute atomic E-state index is 0.175. The van der Waals surface area contributed by atoms with Crippen LogP contribution >= 0.6 is 0 Å². The van der Waals surface area contributed by atoms with E-state index < -0.39 is 0 Å². The zero-order chi connectivity index (χ0) is 22.4. The molecule has 2 aliphatic heterocycles. The van der Waals surface area contributed by atoms with E-state index in [1.807, 2.05) is 25.2 Å². The van der Waals surface area contributed by atoms with E-state index in [1.165, 1.54) is 5.56 Å². The van der Waals surface area contributed by atoms with Gasteiger partial charge in [-0.1, -0.05) is 18.2 Å². The van der Waals surface area contributed by atoms with Gasteiger partial charge >= 0.3 is 0 Å². The fourth-order valence-corrected chi connectivity index (χ4v) is 4.43. The molecular formula is C24H35N7O. The highest BCUT2D eigenvalue weighted by atomic mass is 16.5. The smallest absolute Gasteiger partial charge is 0.225 e. The average Bonchev–Trinajstić information content (AvgIpc) is 2.81. The molecule has 0 aliphatic carbocycles. The lowest BCUT2D eigenvalue weighted by atomic mass is 9.90. The van der Waals surface area contributed by atoms with Crippen molar-refractivity contribution in [2.45, 2.75) is 38.3 Å². The van der Waals surface area contributed by atoms with Crippen molar-refractivity contribution in [3.63, 3.8) is 0 Å². The second-order valence-corrected chi connectivity index (χ2v) is 9.03. The molecule has 1 aromatic carbocycles. The van der Waals surface area contributed by atoms with E-state index in [0.29, 0.717) is 0 Å². The van der Waals surface area contributed by atoms with Crippen LogP contribution in [0.4, 0.5) is 5.95 Å². The minimum atomic E-state index is -0.211. The van der Waals surface area contributed by atoms with E-state index in [0.717, 1.165) is 69.8 Å². The first kappa shape index (κ1) is 22.3. The molecule has 8 heteroatoms. The molecule has 0 radical (unpaired) electrons. The van der Waals surface area contributed by atoms with Crippen molar-refractivity contribution in [1.82, 2.24) is 25.5 Å². The van der Waals surface area contributed by atoms with Gasteiger partial charge < -0.3 is 20.3 Å². The Balaban J connectivity index is 1.21. The highest BCUT2D eigenvalue weighted by Gasteiger charge is 2.33. The Hall–Kier alpha value is -2.87. The molecule has 8 nitrogen and oxygen atoms in total. The van der Waals surface area contributed by atoms with Crippen LogP contribution in [0.15, 0.2) is 47.7 Å². The quantitative estimate of drug-likeness (QED) is 0.408. The summed E-state index contributed by atoms with van der Waals surface area (Å²) in [7, 11) is 1.83. The van der Waals surface area contributed by atoms with Gasteiger partial charge in [0.15, 0.2) is 5.96 Å². The van der Waals surface area contributed by atoms with Crippen LogP contribution in [0.3, 0.4) is 0 Å². The summed E-state index contributed by atoms with van der Waals surface area (Å²) in [6.45, 7) is 10.3. The second-order valence-electron chi connectivity index (χ2n) is 9.03. The second kappa shape index (κ2) is 10.2. The number of guanidine groups is 1. The zero-order valence-corrected chi connectivity index (χ0v) is 19.4. The summed E-state index contributed by atoms with van der Waals surface area (Å²) >= 11 is 0. The molecule has 1 fully saturated rings. The third-order valence-corrected chi connectivity index (χ3v) is 6.06. The Kier molecular flexibility index (Phi) is 7.09. The van der Waals surface area contributed by atoms with Gasteiger partial charge in [-0.15, -0.1) is 0 Å². The van der Waals surface area contributed by atoms with Crippen molar-refractivity contribution in [3.8, 4) is 5.75 Å². The number of benzene rings is 1. The maximum absolute atomic E-state index is 6.15. The van der Waals surface area contributed by atoms with Crippen molar-refractivity contribution in [1.29, 1.82) is 0 Å². The van der Waals surface area contributed by atoms with Crippen LogP contribution in [-0.4, -0.2) is 72.7 Å². The van der Waals surface area contributed by atoms with E-state index in [2.05, 4.69) is 61.4 Å². The van der Waals surface area contributed by atoms with Crippen LogP contribution in [-0.2, 0) is 0 Å². The first-order valence-electron chi connectivity index (χ1n) is 11.5. The molecule has 4 rings (SSSR count). The van der Waals surface area contributed by atoms with Crippen LogP contribution in [0.2, 0.25) is 0 Å². The minimum Gasteiger partial charge on any atom is -0.487 e. The number of fused-ring (bicyclic) bond motifs is 1. The highest BCUT2D eigenvalue weighted by Crippen LogP contribution is 2.39. The fraction of sp³-hybridized carbons (Fsp3) is 0.542. The summed E-state index contributed by atoms with van der Waals surface area (Å²) in [5.41, 5.74) is 0.979. The number of aromatic nitrogens is 2. The molecule has 2 aromatic rings. The molecule has 172 valence electrons.